The van der Waals surface area contributed by atoms with Gasteiger partial charge in [-0.3, -0.25) is 9.59 Å². The van der Waals surface area contributed by atoms with Crippen LogP contribution in [0.3, 0.4) is 0 Å². The molecule has 0 N–H and O–H groups in total. The third kappa shape index (κ3) is 1.65. The minimum absolute atomic E-state index is 0.0644. The second kappa shape index (κ2) is 3.83. The van der Waals surface area contributed by atoms with Crippen molar-refractivity contribution in [2.45, 2.75) is 33.6 Å². The highest BCUT2D eigenvalue weighted by Gasteiger charge is 2.50. The molecule has 3 heteroatoms. The predicted octanol–water partition coefficient (Wildman–Crippen LogP) is 2.29. The number of allylic oxidation sites excluding steroid dienone is 3. The Bertz CT molecular complexity index is 447. The fraction of sp³-hybridized carbons (Fsp3) is 0.571. The minimum Gasteiger partial charge on any atom is -0.322 e. The molecule has 0 aromatic carbocycles. The van der Waals surface area contributed by atoms with Crippen LogP contribution in [-0.4, -0.2) is 23.6 Å². The van der Waals surface area contributed by atoms with Gasteiger partial charge in [0.05, 0.1) is 11.3 Å². The number of ketones is 1. The molecule has 3 nitrogen and oxygen atoms in total. The lowest BCUT2D eigenvalue weighted by molar-refractivity contribution is -0.143. The summed E-state index contributed by atoms with van der Waals surface area (Å²) in [6.07, 6.45) is 5.07. The Morgan fingerprint density at radius 2 is 2.06 bits per heavy atom. The SMILES string of the molecule is CC(=O)[C@@]12C=CN(C)C(=O)[C@H]1CC(C)=C(C)C2. The van der Waals surface area contributed by atoms with Crippen molar-refractivity contribution in [3.05, 3.63) is 23.4 Å². The van der Waals surface area contributed by atoms with Crippen molar-refractivity contribution in [3.8, 4) is 0 Å². The molecule has 0 unspecified atom stereocenters. The van der Waals surface area contributed by atoms with Crippen LogP contribution >= 0.6 is 0 Å². The third-order valence-corrected chi connectivity index (χ3v) is 4.32. The number of Topliss-reactive ketones (excluding diaryl/α,β-unsaturated/α-hetero) is 1. The lowest BCUT2D eigenvalue weighted by Gasteiger charge is -2.44. The molecule has 1 amide bonds. The molecule has 0 radical (unpaired) electrons. The minimum atomic E-state index is -0.590. The quantitative estimate of drug-likeness (QED) is 0.652. The monoisotopic (exact) mass is 233 g/mol. The van der Waals surface area contributed by atoms with Gasteiger partial charge >= 0.3 is 0 Å². The van der Waals surface area contributed by atoms with Crippen LogP contribution < -0.4 is 0 Å². The first kappa shape index (κ1) is 12.1. The topological polar surface area (TPSA) is 37.4 Å². The van der Waals surface area contributed by atoms with Crippen LogP contribution in [0.2, 0.25) is 0 Å². The number of hydrogen-bond acceptors (Lipinski definition) is 2. The number of fused-ring (bicyclic) bond motifs is 1. The molecule has 0 fully saturated rings. The van der Waals surface area contributed by atoms with Crippen molar-refractivity contribution in [1.29, 1.82) is 0 Å². The molecule has 17 heavy (non-hydrogen) atoms. The van der Waals surface area contributed by atoms with E-state index in [1.807, 2.05) is 6.08 Å². The van der Waals surface area contributed by atoms with Crippen LogP contribution in [0.1, 0.15) is 33.6 Å². The van der Waals surface area contributed by atoms with Gasteiger partial charge in [-0.05, 0) is 33.6 Å². The van der Waals surface area contributed by atoms with E-state index in [-0.39, 0.29) is 17.6 Å². The highest BCUT2D eigenvalue weighted by molar-refractivity contribution is 5.94. The summed E-state index contributed by atoms with van der Waals surface area (Å²) >= 11 is 0. The molecule has 2 rings (SSSR count). The number of amides is 1. The number of nitrogens with zero attached hydrogens (tertiary/aromatic N) is 1. The first-order valence-corrected chi connectivity index (χ1v) is 6.01. The molecule has 0 aromatic rings. The summed E-state index contributed by atoms with van der Waals surface area (Å²) in [5.74, 6) is -0.0414. The van der Waals surface area contributed by atoms with Gasteiger partial charge in [-0.1, -0.05) is 17.2 Å². The Balaban J connectivity index is 2.54. The van der Waals surface area contributed by atoms with Crippen LogP contribution in [0.25, 0.3) is 0 Å². The van der Waals surface area contributed by atoms with E-state index < -0.39 is 5.41 Å². The van der Waals surface area contributed by atoms with Gasteiger partial charge < -0.3 is 4.90 Å². The normalized spacial score (nSPS) is 32.8. The number of carbonyl (C=O) groups excluding carboxylic acids is 2. The highest BCUT2D eigenvalue weighted by Crippen LogP contribution is 2.48. The van der Waals surface area contributed by atoms with Crippen LogP contribution in [-0.2, 0) is 9.59 Å². The molecule has 0 aromatic heterocycles. The van der Waals surface area contributed by atoms with Gasteiger partial charge in [-0.25, -0.2) is 0 Å². The van der Waals surface area contributed by atoms with Gasteiger partial charge in [0.1, 0.15) is 5.78 Å². The fourth-order valence-electron chi connectivity index (χ4n) is 2.91. The number of carbonyl (C=O) groups is 2. The Hall–Kier alpha value is -1.38. The van der Waals surface area contributed by atoms with Gasteiger partial charge in [0.2, 0.25) is 5.91 Å². The number of hydrogen-bond donors (Lipinski definition) is 0. The van der Waals surface area contributed by atoms with Crippen molar-refractivity contribution in [1.82, 2.24) is 4.90 Å². The second-order valence-electron chi connectivity index (χ2n) is 5.36. The maximum Gasteiger partial charge on any atom is 0.231 e. The third-order valence-electron chi connectivity index (χ3n) is 4.32. The van der Waals surface area contributed by atoms with E-state index in [2.05, 4.69) is 13.8 Å². The molecule has 1 heterocycles. The summed E-state index contributed by atoms with van der Waals surface area (Å²) in [4.78, 5) is 25.8. The van der Waals surface area contributed by atoms with E-state index in [0.717, 1.165) is 0 Å². The molecule has 2 aliphatic rings. The van der Waals surface area contributed by atoms with Crippen molar-refractivity contribution < 1.29 is 9.59 Å². The van der Waals surface area contributed by atoms with Crippen molar-refractivity contribution >= 4 is 11.7 Å². The molecular weight excluding hydrogens is 214 g/mol. The molecule has 1 aliphatic heterocycles. The Kier molecular flexibility index (Phi) is 2.72. The van der Waals surface area contributed by atoms with Gasteiger partial charge in [0.25, 0.3) is 0 Å². The van der Waals surface area contributed by atoms with Gasteiger partial charge in [0, 0.05) is 13.2 Å². The highest BCUT2D eigenvalue weighted by atomic mass is 16.2. The molecule has 0 saturated heterocycles. The Morgan fingerprint density at radius 3 is 2.65 bits per heavy atom. The molecule has 1 aliphatic carbocycles. The average molecular weight is 233 g/mol. The maximum atomic E-state index is 12.2. The van der Waals surface area contributed by atoms with Crippen LogP contribution in [0.4, 0.5) is 0 Å². The largest absolute Gasteiger partial charge is 0.322 e. The van der Waals surface area contributed by atoms with E-state index >= 15 is 0 Å². The lowest BCUT2D eigenvalue weighted by Crippen LogP contribution is -2.49. The molecule has 0 bridgehead atoms. The first-order chi connectivity index (χ1) is 7.88. The molecule has 0 saturated carbocycles. The smallest absolute Gasteiger partial charge is 0.231 e. The summed E-state index contributed by atoms with van der Waals surface area (Å²) in [6.45, 7) is 5.72. The standard InChI is InChI=1S/C14H19NO2/c1-9-7-12-13(17)15(4)6-5-14(12,11(3)16)8-10(9)2/h5-6,12H,7-8H2,1-4H3/t12-,14+/m1/s1. The summed E-state index contributed by atoms with van der Waals surface area (Å²) in [5, 5.41) is 0. The van der Waals surface area contributed by atoms with Gasteiger partial charge in [-0.15, -0.1) is 0 Å². The van der Waals surface area contributed by atoms with E-state index in [1.54, 1.807) is 25.1 Å². The fourth-order valence-corrected chi connectivity index (χ4v) is 2.91. The van der Waals surface area contributed by atoms with Crippen molar-refractivity contribution in [2.24, 2.45) is 11.3 Å². The predicted molar refractivity (Wildman–Crippen MR) is 66.1 cm³/mol. The zero-order valence-electron chi connectivity index (χ0n) is 10.9. The van der Waals surface area contributed by atoms with Crippen molar-refractivity contribution in [2.75, 3.05) is 7.05 Å². The summed E-state index contributed by atoms with van der Waals surface area (Å²) in [5.41, 5.74) is 1.91. The number of rotatable bonds is 1. The molecule has 2 atom stereocenters. The summed E-state index contributed by atoms with van der Waals surface area (Å²) < 4.78 is 0. The molecule has 0 spiro atoms. The summed E-state index contributed by atoms with van der Waals surface area (Å²) in [6, 6.07) is 0. The summed E-state index contributed by atoms with van der Waals surface area (Å²) in [7, 11) is 1.75. The van der Waals surface area contributed by atoms with E-state index in [0.29, 0.717) is 12.8 Å². The lowest BCUT2D eigenvalue weighted by atomic mass is 9.61. The Labute approximate surface area is 102 Å². The zero-order chi connectivity index (χ0) is 12.8. The molecular formula is C14H19NO2. The van der Waals surface area contributed by atoms with Crippen LogP contribution in [0.5, 0.6) is 0 Å². The van der Waals surface area contributed by atoms with E-state index in [4.69, 9.17) is 0 Å². The zero-order valence-corrected chi connectivity index (χ0v) is 10.9. The second-order valence-corrected chi connectivity index (χ2v) is 5.36. The van der Waals surface area contributed by atoms with Crippen LogP contribution in [0, 0.1) is 11.3 Å². The molecule has 92 valence electrons. The van der Waals surface area contributed by atoms with E-state index in [1.165, 1.54) is 11.1 Å². The van der Waals surface area contributed by atoms with Gasteiger partial charge in [-0.2, -0.15) is 0 Å². The van der Waals surface area contributed by atoms with Crippen molar-refractivity contribution in [3.63, 3.8) is 0 Å². The first-order valence-electron chi connectivity index (χ1n) is 6.01. The average Bonchev–Trinajstić information content (AvgIpc) is 2.27. The van der Waals surface area contributed by atoms with Gasteiger partial charge in [0.15, 0.2) is 0 Å². The maximum absolute atomic E-state index is 12.2. The van der Waals surface area contributed by atoms with Crippen LogP contribution in [0.15, 0.2) is 23.4 Å². The van der Waals surface area contributed by atoms with E-state index in [9.17, 15) is 9.59 Å². The Morgan fingerprint density at radius 1 is 1.41 bits per heavy atom.